The van der Waals surface area contributed by atoms with Crippen LogP contribution in [0.3, 0.4) is 0 Å². The van der Waals surface area contributed by atoms with Gasteiger partial charge in [-0.15, -0.1) is 0 Å². The zero-order chi connectivity index (χ0) is 19.4. The molecule has 2 heterocycles. The zero-order valence-corrected chi connectivity index (χ0v) is 16.3. The van der Waals surface area contributed by atoms with Crippen molar-refractivity contribution in [3.63, 3.8) is 0 Å². The van der Waals surface area contributed by atoms with Gasteiger partial charge in [0.25, 0.3) is 0 Å². The number of nitrogens with one attached hydrogen (secondary N) is 1. The molecule has 148 valence electrons. The van der Waals surface area contributed by atoms with Gasteiger partial charge in [-0.2, -0.15) is 0 Å². The summed E-state index contributed by atoms with van der Waals surface area (Å²) in [5.41, 5.74) is 0.407. The molecule has 2 aliphatic rings. The Bertz CT molecular complexity index is 688. The van der Waals surface area contributed by atoms with E-state index in [2.05, 4.69) is 15.1 Å². The van der Waals surface area contributed by atoms with Crippen molar-refractivity contribution in [2.75, 3.05) is 51.1 Å². The van der Waals surface area contributed by atoms with Crippen LogP contribution in [0, 0.1) is 5.82 Å². The minimum Gasteiger partial charge on any atom is -0.342 e. The Morgan fingerprint density at radius 3 is 2.44 bits per heavy atom. The first-order chi connectivity index (χ1) is 12.9. The minimum atomic E-state index is -0.439. The minimum absolute atomic E-state index is 0.176. The summed E-state index contributed by atoms with van der Waals surface area (Å²) in [7, 11) is 0. The van der Waals surface area contributed by atoms with Gasteiger partial charge < -0.3 is 10.2 Å². The van der Waals surface area contributed by atoms with Crippen molar-refractivity contribution in [2.45, 2.75) is 25.8 Å². The molecule has 0 spiro atoms. The molecule has 27 heavy (non-hydrogen) atoms. The highest BCUT2D eigenvalue weighted by molar-refractivity contribution is 6.33. The number of nitrogens with zero attached hydrogens (tertiary/aromatic N) is 3. The maximum Gasteiger partial charge on any atom is 0.241 e. The molecule has 2 amide bonds. The fourth-order valence-electron chi connectivity index (χ4n) is 3.56. The topological polar surface area (TPSA) is 55.9 Å². The molecule has 0 saturated carbocycles. The van der Waals surface area contributed by atoms with Gasteiger partial charge in [-0.25, -0.2) is 4.39 Å². The summed E-state index contributed by atoms with van der Waals surface area (Å²) in [6.07, 6.45) is 2.20. The summed E-state index contributed by atoms with van der Waals surface area (Å²) < 4.78 is 13.1. The normalized spacial score (nSPS) is 19.9. The largest absolute Gasteiger partial charge is 0.342 e. The Morgan fingerprint density at radius 1 is 1.15 bits per heavy atom. The van der Waals surface area contributed by atoms with Gasteiger partial charge in [0.15, 0.2) is 0 Å². The highest BCUT2D eigenvalue weighted by Crippen LogP contribution is 2.23. The van der Waals surface area contributed by atoms with Gasteiger partial charge in [0, 0.05) is 39.3 Å². The van der Waals surface area contributed by atoms with Gasteiger partial charge in [-0.3, -0.25) is 19.4 Å². The summed E-state index contributed by atoms with van der Waals surface area (Å²) in [5, 5.41) is 2.94. The Morgan fingerprint density at radius 2 is 1.81 bits per heavy atom. The molecule has 1 N–H and O–H groups in total. The van der Waals surface area contributed by atoms with Gasteiger partial charge in [-0.05, 0) is 38.0 Å². The Balaban J connectivity index is 1.46. The molecule has 0 radical (unpaired) electrons. The second-order valence-electron chi connectivity index (χ2n) is 7.19. The number of likely N-dealkylation sites (tertiary alicyclic amines) is 1. The predicted octanol–water partition coefficient (Wildman–Crippen LogP) is 2.05. The third-order valence-corrected chi connectivity index (χ3v) is 5.65. The van der Waals surface area contributed by atoms with E-state index in [0.29, 0.717) is 12.2 Å². The molecule has 0 unspecified atom stereocenters. The van der Waals surface area contributed by atoms with E-state index in [0.717, 1.165) is 52.1 Å². The number of rotatable bonds is 5. The molecule has 1 aromatic carbocycles. The van der Waals surface area contributed by atoms with Crippen LogP contribution in [0.15, 0.2) is 18.2 Å². The number of amides is 2. The Hall–Kier alpha value is -1.70. The molecule has 2 aliphatic heterocycles. The average molecular weight is 397 g/mol. The molecule has 0 aromatic heterocycles. The molecule has 3 rings (SSSR count). The third kappa shape index (κ3) is 5.18. The molecule has 1 atom stereocenters. The first kappa shape index (κ1) is 20.0. The van der Waals surface area contributed by atoms with E-state index < -0.39 is 5.82 Å². The summed E-state index contributed by atoms with van der Waals surface area (Å²) >= 11 is 5.97. The Labute approximate surface area is 164 Å². The van der Waals surface area contributed by atoms with Gasteiger partial charge in [-0.1, -0.05) is 11.6 Å². The van der Waals surface area contributed by atoms with E-state index in [1.54, 1.807) is 0 Å². The second kappa shape index (κ2) is 8.99. The summed E-state index contributed by atoms with van der Waals surface area (Å²) in [5.74, 6) is -0.409. The van der Waals surface area contributed by atoms with Crippen LogP contribution >= 0.6 is 11.6 Å². The second-order valence-corrected chi connectivity index (χ2v) is 7.60. The molecular weight excluding hydrogens is 371 g/mol. The molecule has 1 aromatic rings. The molecule has 0 aliphatic carbocycles. The van der Waals surface area contributed by atoms with Crippen LogP contribution in [0.2, 0.25) is 5.02 Å². The fraction of sp³-hybridized carbons (Fsp3) is 0.579. The van der Waals surface area contributed by atoms with E-state index in [9.17, 15) is 14.0 Å². The number of hydrogen-bond acceptors (Lipinski definition) is 4. The van der Waals surface area contributed by atoms with E-state index in [1.165, 1.54) is 18.2 Å². The maximum absolute atomic E-state index is 13.1. The van der Waals surface area contributed by atoms with Crippen LogP contribution in [0.25, 0.3) is 0 Å². The molecule has 6 nitrogen and oxygen atoms in total. The molecule has 2 fully saturated rings. The molecular formula is C19H26ClFN4O2. The van der Waals surface area contributed by atoms with Crippen LogP contribution < -0.4 is 5.32 Å². The smallest absolute Gasteiger partial charge is 0.241 e. The summed E-state index contributed by atoms with van der Waals surface area (Å²) in [6, 6.07) is 3.58. The number of piperazine rings is 1. The van der Waals surface area contributed by atoms with Crippen LogP contribution in [0.4, 0.5) is 10.1 Å². The van der Waals surface area contributed by atoms with Crippen molar-refractivity contribution in [3.05, 3.63) is 29.0 Å². The monoisotopic (exact) mass is 396 g/mol. The lowest BCUT2D eigenvalue weighted by Gasteiger charge is -2.37. The molecule has 0 bridgehead atoms. The van der Waals surface area contributed by atoms with E-state index in [1.807, 2.05) is 11.8 Å². The first-order valence-electron chi connectivity index (χ1n) is 9.44. The van der Waals surface area contributed by atoms with Crippen molar-refractivity contribution in [3.8, 4) is 0 Å². The van der Waals surface area contributed by atoms with E-state index in [-0.39, 0.29) is 22.9 Å². The SMILES string of the molecule is C[C@@H](C(=O)Nc1ccc(F)cc1Cl)N1CCN(CC(=O)N2CCCC2)CC1. The third-order valence-electron chi connectivity index (χ3n) is 5.34. The predicted molar refractivity (Wildman–Crippen MR) is 103 cm³/mol. The van der Waals surface area contributed by atoms with Crippen LogP contribution in [-0.2, 0) is 9.59 Å². The van der Waals surface area contributed by atoms with Crippen molar-refractivity contribution in [1.29, 1.82) is 0 Å². The fourth-order valence-corrected chi connectivity index (χ4v) is 3.77. The first-order valence-corrected chi connectivity index (χ1v) is 9.82. The van der Waals surface area contributed by atoms with Gasteiger partial charge in [0.2, 0.25) is 11.8 Å². The number of halogens is 2. The zero-order valence-electron chi connectivity index (χ0n) is 15.6. The van der Waals surface area contributed by atoms with Crippen LogP contribution in [0.1, 0.15) is 19.8 Å². The highest BCUT2D eigenvalue weighted by atomic mass is 35.5. The molecule has 8 heteroatoms. The molecule has 2 saturated heterocycles. The number of benzene rings is 1. The van der Waals surface area contributed by atoms with Crippen molar-refractivity contribution in [2.24, 2.45) is 0 Å². The van der Waals surface area contributed by atoms with Gasteiger partial charge >= 0.3 is 0 Å². The van der Waals surface area contributed by atoms with E-state index >= 15 is 0 Å². The van der Waals surface area contributed by atoms with Crippen molar-refractivity contribution in [1.82, 2.24) is 14.7 Å². The highest BCUT2D eigenvalue weighted by Gasteiger charge is 2.28. The quantitative estimate of drug-likeness (QED) is 0.827. The number of hydrogen-bond donors (Lipinski definition) is 1. The van der Waals surface area contributed by atoms with Gasteiger partial charge in [0.05, 0.1) is 23.3 Å². The number of carbonyl (C=O) groups is 2. The lowest BCUT2D eigenvalue weighted by atomic mass is 10.2. The summed E-state index contributed by atoms with van der Waals surface area (Å²) in [4.78, 5) is 30.9. The maximum atomic E-state index is 13.1. The van der Waals surface area contributed by atoms with Crippen LogP contribution in [-0.4, -0.2) is 78.4 Å². The van der Waals surface area contributed by atoms with Gasteiger partial charge in [0.1, 0.15) is 5.82 Å². The number of carbonyl (C=O) groups excluding carboxylic acids is 2. The summed E-state index contributed by atoms with van der Waals surface area (Å²) in [6.45, 7) is 7.02. The lowest BCUT2D eigenvalue weighted by Crippen LogP contribution is -2.54. The van der Waals surface area contributed by atoms with Crippen molar-refractivity contribution < 1.29 is 14.0 Å². The van der Waals surface area contributed by atoms with Crippen molar-refractivity contribution >= 4 is 29.1 Å². The lowest BCUT2D eigenvalue weighted by molar-refractivity contribution is -0.132. The van der Waals surface area contributed by atoms with Crippen LogP contribution in [0.5, 0.6) is 0 Å². The van der Waals surface area contributed by atoms with E-state index in [4.69, 9.17) is 11.6 Å². The number of anilines is 1. The Kier molecular flexibility index (Phi) is 6.68. The standard InChI is InChI=1S/C19H26ClFN4O2/c1-14(19(27)22-17-5-4-15(21)12-16(17)20)24-10-8-23(9-11-24)13-18(26)25-6-2-3-7-25/h4-5,12,14H,2-3,6-11,13H2,1H3,(H,22,27)/t14-/m0/s1. The average Bonchev–Trinajstić information content (AvgIpc) is 3.19.